The first-order valence-electron chi connectivity index (χ1n) is 11.7. The Kier molecular flexibility index (Phi) is 6.57. The minimum Gasteiger partial charge on any atom is -0.493 e. The fraction of sp³-hybridized carbons (Fsp3) is 0.440. The molecular formula is C25H26N2O5S2. The molecule has 2 aromatic carbocycles. The SMILES string of the molecule is CCOC(=C1C2CC3CC(C2)CC1C3)c1cccc(SSc2ccc([N+](=O)[O-])cc2[N+](=O)[O-])c1. The molecule has 2 aromatic rings. The molecule has 0 radical (unpaired) electrons. The first kappa shape index (κ1) is 23.2. The van der Waals surface area contributed by atoms with Gasteiger partial charge >= 0.3 is 0 Å². The second kappa shape index (κ2) is 9.62. The summed E-state index contributed by atoms with van der Waals surface area (Å²) < 4.78 is 6.27. The monoisotopic (exact) mass is 498 g/mol. The summed E-state index contributed by atoms with van der Waals surface area (Å²) in [7, 11) is 2.65. The van der Waals surface area contributed by atoms with E-state index in [2.05, 4.69) is 12.1 Å². The summed E-state index contributed by atoms with van der Waals surface area (Å²) in [5, 5.41) is 22.5. The third kappa shape index (κ3) is 4.55. The summed E-state index contributed by atoms with van der Waals surface area (Å²) in [6, 6.07) is 11.9. The highest BCUT2D eigenvalue weighted by Gasteiger charge is 2.46. The normalized spacial score (nSPS) is 24.8. The summed E-state index contributed by atoms with van der Waals surface area (Å²) >= 11 is 0. The van der Waals surface area contributed by atoms with Crippen LogP contribution in [0.15, 0.2) is 57.8 Å². The van der Waals surface area contributed by atoms with Gasteiger partial charge in [0.1, 0.15) is 5.76 Å². The maximum absolute atomic E-state index is 11.5. The minimum absolute atomic E-state index is 0.256. The number of nitro benzene ring substituents is 2. The van der Waals surface area contributed by atoms with Crippen LogP contribution in [0.5, 0.6) is 0 Å². The van der Waals surface area contributed by atoms with Crippen molar-refractivity contribution in [2.75, 3.05) is 6.61 Å². The van der Waals surface area contributed by atoms with Crippen molar-refractivity contribution in [3.63, 3.8) is 0 Å². The molecule has 0 aliphatic heterocycles. The van der Waals surface area contributed by atoms with Crippen LogP contribution in [-0.4, -0.2) is 16.5 Å². The van der Waals surface area contributed by atoms with Crippen LogP contribution in [-0.2, 0) is 4.74 Å². The molecular weight excluding hydrogens is 472 g/mol. The van der Waals surface area contributed by atoms with Crippen molar-refractivity contribution in [1.82, 2.24) is 0 Å². The van der Waals surface area contributed by atoms with E-state index in [0.717, 1.165) is 34.1 Å². The number of non-ortho nitro benzene ring substituents is 1. The van der Waals surface area contributed by atoms with Crippen molar-refractivity contribution in [2.45, 2.75) is 48.8 Å². The average molecular weight is 499 g/mol. The van der Waals surface area contributed by atoms with E-state index in [1.165, 1.54) is 71.4 Å². The number of nitro groups is 2. The molecule has 7 nitrogen and oxygen atoms in total. The Balaban J connectivity index is 1.40. The lowest BCUT2D eigenvalue weighted by atomic mass is 9.54. The van der Waals surface area contributed by atoms with E-state index in [-0.39, 0.29) is 11.4 Å². The summed E-state index contributed by atoms with van der Waals surface area (Å²) in [5.41, 5.74) is 2.03. The maximum Gasteiger partial charge on any atom is 0.290 e. The van der Waals surface area contributed by atoms with Crippen LogP contribution in [0.1, 0.15) is 44.6 Å². The number of ether oxygens (including phenoxy) is 1. The van der Waals surface area contributed by atoms with Crippen LogP contribution in [0.25, 0.3) is 5.76 Å². The van der Waals surface area contributed by atoms with Gasteiger partial charge in [-0.1, -0.05) is 22.9 Å². The van der Waals surface area contributed by atoms with E-state index >= 15 is 0 Å². The van der Waals surface area contributed by atoms with E-state index < -0.39 is 9.85 Å². The van der Waals surface area contributed by atoms with Gasteiger partial charge in [-0.3, -0.25) is 20.2 Å². The Labute approximate surface area is 206 Å². The van der Waals surface area contributed by atoms with Crippen molar-refractivity contribution in [3.8, 4) is 0 Å². The molecule has 6 rings (SSSR count). The molecule has 0 amide bonds. The lowest BCUT2D eigenvalue weighted by Crippen LogP contribution is -2.41. The van der Waals surface area contributed by atoms with E-state index in [4.69, 9.17) is 4.74 Å². The molecule has 0 spiro atoms. The number of nitrogens with zero attached hydrogens (tertiary/aromatic N) is 2. The zero-order chi connectivity index (χ0) is 23.8. The van der Waals surface area contributed by atoms with Crippen molar-refractivity contribution in [2.24, 2.45) is 23.7 Å². The van der Waals surface area contributed by atoms with Gasteiger partial charge in [0, 0.05) is 16.5 Å². The van der Waals surface area contributed by atoms with Crippen LogP contribution >= 0.6 is 21.6 Å². The zero-order valence-electron chi connectivity index (χ0n) is 18.8. The largest absolute Gasteiger partial charge is 0.493 e. The number of allylic oxidation sites excluding steroid dienone is 1. The Morgan fingerprint density at radius 2 is 1.65 bits per heavy atom. The summed E-state index contributed by atoms with van der Waals surface area (Å²) in [5.74, 6) is 4.05. The molecule has 4 fully saturated rings. The van der Waals surface area contributed by atoms with Crippen molar-refractivity contribution >= 4 is 38.7 Å². The van der Waals surface area contributed by atoms with Crippen LogP contribution < -0.4 is 0 Å². The number of benzene rings is 2. The second-order valence-electron chi connectivity index (χ2n) is 9.38. The van der Waals surface area contributed by atoms with Gasteiger partial charge in [0.15, 0.2) is 0 Å². The second-order valence-corrected chi connectivity index (χ2v) is 11.6. The van der Waals surface area contributed by atoms with Gasteiger partial charge in [-0.15, -0.1) is 0 Å². The highest BCUT2D eigenvalue weighted by atomic mass is 33.1. The highest BCUT2D eigenvalue weighted by Crippen LogP contribution is 2.58. The third-order valence-corrected chi connectivity index (χ3v) is 9.66. The molecule has 0 saturated heterocycles. The number of rotatable bonds is 8. The van der Waals surface area contributed by atoms with Gasteiger partial charge < -0.3 is 4.74 Å². The van der Waals surface area contributed by atoms with E-state index in [9.17, 15) is 20.2 Å². The molecule has 0 aromatic heterocycles. The molecule has 4 saturated carbocycles. The maximum atomic E-state index is 11.5. The van der Waals surface area contributed by atoms with E-state index in [1.54, 1.807) is 0 Å². The van der Waals surface area contributed by atoms with Gasteiger partial charge in [-0.2, -0.15) is 0 Å². The van der Waals surface area contributed by atoms with Gasteiger partial charge in [-0.25, -0.2) is 0 Å². The van der Waals surface area contributed by atoms with Gasteiger partial charge in [0.2, 0.25) is 0 Å². The summed E-state index contributed by atoms with van der Waals surface area (Å²) in [4.78, 5) is 22.6. The lowest BCUT2D eigenvalue weighted by molar-refractivity contribution is -0.396. The van der Waals surface area contributed by atoms with Gasteiger partial charge in [-0.05, 0) is 97.3 Å². The summed E-state index contributed by atoms with van der Waals surface area (Å²) in [6.07, 6.45) is 6.54. The molecule has 9 heteroatoms. The molecule has 4 bridgehead atoms. The first-order chi connectivity index (χ1) is 16.4. The quantitative estimate of drug-likeness (QED) is 0.161. The van der Waals surface area contributed by atoms with Gasteiger partial charge in [0.05, 0.1) is 27.4 Å². The zero-order valence-corrected chi connectivity index (χ0v) is 20.5. The van der Waals surface area contributed by atoms with Crippen molar-refractivity contribution in [3.05, 3.63) is 73.8 Å². The standard InChI is InChI=1S/C25H26N2O5S2/c1-2-32-25(24-18-9-15-8-16(11-18)12-19(24)10-15)17-4-3-5-21(13-17)33-34-23-7-6-20(26(28)29)14-22(23)27(30)31/h3-7,13-16,18-19H,2,8-12H2,1H3. The topological polar surface area (TPSA) is 95.5 Å². The molecule has 4 aliphatic carbocycles. The molecule has 0 heterocycles. The van der Waals surface area contributed by atoms with Crippen LogP contribution in [0.4, 0.5) is 11.4 Å². The summed E-state index contributed by atoms with van der Waals surface area (Å²) in [6.45, 7) is 2.64. The Morgan fingerprint density at radius 3 is 2.26 bits per heavy atom. The fourth-order valence-corrected chi connectivity index (χ4v) is 8.28. The van der Waals surface area contributed by atoms with Gasteiger partial charge in [0.25, 0.3) is 11.4 Å². The molecule has 4 aliphatic rings. The first-order valence-corrected chi connectivity index (χ1v) is 13.8. The molecule has 0 atom stereocenters. The molecule has 0 unspecified atom stereocenters. The van der Waals surface area contributed by atoms with Crippen LogP contribution in [0, 0.1) is 43.9 Å². The molecule has 178 valence electrons. The molecule has 0 N–H and O–H groups in total. The van der Waals surface area contributed by atoms with Crippen LogP contribution in [0.3, 0.4) is 0 Å². The number of hydrogen-bond donors (Lipinski definition) is 0. The molecule has 34 heavy (non-hydrogen) atoms. The van der Waals surface area contributed by atoms with Crippen molar-refractivity contribution in [1.29, 1.82) is 0 Å². The predicted molar refractivity (Wildman–Crippen MR) is 133 cm³/mol. The van der Waals surface area contributed by atoms with Crippen LogP contribution in [0.2, 0.25) is 0 Å². The smallest absolute Gasteiger partial charge is 0.290 e. The highest BCUT2D eigenvalue weighted by molar-refractivity contribution is 8.76. The minimum atomic E-state index is -0.620. The van der Waals surface area contributed by atoms with Crippen molar-refractivity contribution < 1.29 is 14.6 Å². The average Bonchev–Trinajstić information content (AvgIpc) is 2.81. The Bertz CT molecular complexity index is 1140. The van der Waals surface area contributed by atoms with E-state index in [1.807, 2.05) is 19.1 Å². The third-order valence-electron chi connectivity index (χ3n) is 7.24. The number of hydrogen-bond acceptors (Lipinski definition) is 7. The fourth-order valence-electron chi connectivity index (χ4n) is 6.15. The lowest BCUT2D eigenvalue weighted by Gasteiger charge is -2.51. The Morgan fingerprint density at radius 1 is 0.941 bits per heavy atom. The Hall–Kier alpha value is -2.52. The van der Waals surface area contributed by atoms with E-state index in [0.29, 0.717) is 23.3 Å². The predicted octanol–water partition coefficient (Wildman–Crippen LogP) is 7.51.